The van der Waals surface area contributed by atoms with E-state index in [0.29, 0.717) is 6.54 Å². The van der Waals surface area contributed by atoms with E-state index in [-0.39, 0.29) is 5.56 Å². The summed E-state index contributed by atoms with van der Waals surface area (Å²) in [6.45, 7) is 8.05. The first-order valence-corrected chi connectivity index (χ1v) is 7.46. The summed E-state index contributed by atoms with van der Waals surface area (Å²) in [5.41, 5.74) is 1.69. The molecule has 0 atom stereocenters. The second kappa shape index (κ2) is 6.80. The Morgan fingerprint density at radius 2 is 1.91 bits per heavy atom. The predicted molar refractivity (Wildman–Crippen MR) is 79.2 cm³/mol. The summed E-state index contributed by atoms with van der Waals surface area (Å²) in [7, 11) is 0. The first-order chi connectivity index (χ1) is 10.7. The van der Waals surface area contributed by atoms with Crippen LogP contribution in [0.25, 0.3) is 0 Å². The normalized spacial score (nSPS) is 17.0. The van der Waals surface area contributed by atoms with Gasteiger partial charge in [0.15, 0.2) is 0 Å². The Morgan fingerprint density at radius 1 is 1.14 bits per heavy atom. The number of nitrogens with zero attached hydrogens (tertiary/aromatic N) is 6. The van der Waals surface area contributed by atoms with E-state index in [0.717, 1.165) is 50.7 Å². The van der Waals surface area contributed by atoms with Crippen LogP contribution in [-0.2, 0) is 13.1 Å². The SMILES string of the molecule is Cc1ccc(=O)n(CCN2CCN(Cc3cnon3)CC2)n1. The Kier molecular flexibility index (Phi) is 4.59. The third kappa shape index (κ3) is 3.77. The van der Waals surface area contributed by atoms with Crippen molar-refractivity contribution in [2.45, 2.75) is 20.0 Å². The van der Waals surface area contributed by atoms with Gasteiger partial charge in [0.2, 0.25) is 0 Å². The summed E-state index contributed by atoms with van der Waals surface area (Å²) in [5, 5.41) is 11.7. The maximum atomic E-state index is 11.7. The van der Waals surface area contributed by atoms with Crippen molar-refractivity contribution in [1.29, 1.82) is 0 Å². The quantitative estimate of drug-likeness (QED) is 0.753. The van der Waals surface area contributed by atoms with Crippen LogP contribution in [0.1, 0.15) is 11.4 Å². The van der Waals surface area contributed by atoms with Gasteiger partial charge in [0.25, 0.3) is 5.56 Å². The van der Waals surface area contributed by atoms with Gasteiger partial charge in [0.05, 0.1) is 18.4 Å². The van der Waals surface area contributed by atoms with Gasteiger partial charge in [0, 0.05) is 45.3 Å². The number of aryl methyl sites for hydroxylation is 1. The zero-order valence-corrected chi connectivity index (χ0v) is 12.7. The Morgan fingerprint density at radius 3 is 2.64 bits per heavy atom. The average molecular weight is 304 g/mol. The van der Waals surface area contributed by atoms with Crippen LogP contribution in [-0.4, -0.2) is 62.6 Å². The molecule has 2 aromatic heterocycles. The summed E-state index contributed by atoms with van der Waals surface area (Å²) in [6, 6.07) is 3.32. The van der Waals surface area contributed by atoms with Gasteiger partial charge in [-0.2, -0.15) is 5.10 Å². The van der Waals surface area contributed by atoms with Gasteiger partial charge in [-0.05, 0) is 13.0 Å². The average Bonchev–Trinajstić information content (AvgIpc) is 3.03. The molecule has 0 saturated carbocycles. The summed E-state index contributed by atoms with van der Waals surface area (Å²) in [6.07, 6.45) is 1.65. The van der Waals surface area contributed by atoms with Gasteiger partial charge in [-0.3, -0.25) is 14.6 Å². The molecule has 1 saturated heterocycles. The zero-order valence-electron chi connectivity index (χ0n) is 12.7. The lowest BCUT2D eigenvalue weighted by molar-refractivity contribution is 0.120. The molecular formula is C14H20N6O2. The van der Waals surface area contributed by atoms with Crippen LogP contribution >= 0.6 is 0 Å². The number of rotatable bonds is 5. The Labute approximate surface area is 128 Å². The third-order valence-electron chi connectivity index (χ3n) is 3.89. The van der Waals surface area contributed by atoms with Gasteiger partial charge in [-0.15, -0.1) is 0 Å². The molecule has 22 heavy (non-hydrogen) atoms. The lowest BCUT2D eigenvalue weighted by Gasteiger charge is -2.34. The largest absolute Gasteiger partial charge is 0.299 e. The Bertz CT molecular complexity index is 646. The monoisotopic (exact) mass is 304 g/mol. The van der Waals surface area contributed by atoms with Gasteiger partial charge in [0.1, 0.15) is 5.69 Å². The number of aromatic nitrogens is 4. The molecule has 1 aliphatic rings. The van der Waals surface area contributed by atoms with Crippen LogP contribution < -0.4 is 5.56 Å². The van der Waals surface area contributed by atoms with Crippen molar-refractivity contribution in [1.82, 2.24) is 29.9 Å². The van der Waals surface area contributed by atoms with Crippen molar-refractivity contribution in [2.75, 3.05) is 32.7 Å². The van der Waals surface area contributed by atoms with Crippen LogP contribution in [0.15, 0.2) is 27.8 Å². The van der Waals surface area contributed by atoms with E-state index in [1.54, 1.807) is 23.0 Å². The topological polar surface area (TPSA) is 80.3 Å². The molecule has 3 heterocycles. The molecular weight excluding hydrogens is 284 g/mol. The summed E-state index contributed by atoms with van der Waals surface area (Å²) in [4.78, 5) is 16.4. The van der Waals surface area contributed by atoms with E-state index in [4.69, 9.17) is 0 Å². The van der Waals surface area contributed by atoms with Gasteiger partial charge >= 0.3 is 0 Å². The fourth-order valence-corrected chi connectivity index (χ4v) is 2.60. The van der Waals surface area contributed by atoms with Crippen molar-refractivity contribution in [3.8, 4) is 0 Å². The molecule has 8 nitrogen and oxygen atoms in total. The summed E-state index contributed by atoms with van der Waals surface area (Å²) >= 11 is 0. The Balaban J connectivity index is 1.46. The highest BCUT2D eigenvalue weighted by Crippen LogP contribution is 2.06. The van der Waals surface area contributed by atoms with Crippen molar-refractivity contribution >= 4 is 0 Å². The fourth-order valence-electron chi connectivity index (χ4n) is 2.60. The van der Waals surface area contributed by atoms with E-state index >= 15 is 0 Å². The number of piperazine rings is 1. The van der Waals surface area contributed by atoms with Crippen molar-refractivity contribution in [3.63, 3.8) is 0 Å². The molecule has 8 heteroatoms. The molecule has 0 unspecified atom stereocenters. The van der Waals surface area contributed by atoms with E-state index < -0.39 is 0 Å². The van der Waals surface area contributed by atoms with Gasteiger partial charge in [-0.25, -0.2) is 9.31 Å². The molecule has 118 valence electrons. The molecule has 0 N–H and O–H groups in total. The first kappa shape index (κ1) is 14.9. The molecule has 3 rings (SSSR count). The smallest absolute Gasteiger partial charge is 0.266 e. The van der Waals surface area contributed by atoms with Crippen LogP contribution in [0.2, 0.25) is 0 Å². The maximum Gasteiger partial charge on any atom is 0.266 e. The molecule has 2 aromatic rings. The minimum atomic E-state index is -0.0391. The molecule has 0 bridgehead atoms. The second-order valence-corrected chi connectivity index (χ2v) is 5.55. The molecule has 0 amide bonds. The van der Waals surface area contributed by atoms with Crippen molar-refractivity contribution in [2.24, 2.45) is 0 Å². The number of hydrogen-bond acceptors (Lipinski definition) is 7. The second-order valence-electron chi connectivity index (χ2n) is 5.55. The summed E-state index contributed by atoms with van der Waals surface area (Å²) in [5.74, 6) is 0. The zero-order chi connectivity index (χ0) is 15.4. The molecule has 0 aliphatic carbocycles. The molecule has 0 radical (unpaired) electrons. The Hall–Kier alpha value is -2.06. The fraction of sp³-hybridized carbons (Fsp3) is 0.571. The minimum Gasteiger partial charge on any atom is -0.299 e. The molecule has 1 aliphatic heterocycles. The van der Waals surface area contributed by atoms with Gasteiger partial charge < -0.3 is 0 Å². The highest BCUT2D eigenvalue weighted by atomic mass is 16.6. The van der Waals surface area contributed by atoms with E-state index in [2.05, 4.69) is 29.8 Å². The lowest BCUT2D eigenvalue weighted by atomic mass is 10.3. The van der Waals surface area contributed by atoms with Crippen LogP contribution in [0.3, 0.4) is 0 Å². The first-order valence-electron chi connectivity index (χ1n) is 7.46. The van der Waals surface area contributed by atoms with Crippen LogP contribution in [0.5, 0.6) is 0 Å². The standard InChI is InChI=1S/C14H20N6O2/c1-12-2-3-14(21)20(16-12)9-8-18-4-6-19(7-5-18)11-13-10-15-22-17-13/h2-3,10H,4-9,11H2,1H3. The highest BCUT2D eigenvalue weighted by Gasteiger charge is 2.17. The van der Waals surface area contributed by atoms with Crippen LogP contribution in [0, 0.1) is 6.92 Å². The van der Waals surface area contributed by atoms with E-state index in [1.165, 1.54) is 0 Å². The van der Waals surface area contributed by atoms with Crippen molar-refractivity contribution < 1.29 is 4.63 Å². The third-order valence-corrected chi connectivity index (χ3v) is 3.89. The lowest BCUT2D eigenvalue weighted by Crippen LogP contribution is -2.47. The number of hydrogen-bond donors (Lipinski definition) is 0. The van der Waals surface area contributed by atoms with Crippen LogP contribution in [0.4, 0.5) is 0 Å². The maximum absolute atomic E-state index is 11.7. The van der Waals surface area contributed by atoms with E-state index in [9.17, 15) is 4.79 Å². The van der Waals surface area contributed by atoms with Crippen molar-refractivity contribution in [3.05, 3.63) is 40.1 Å². The molecule has 0 aromatic carbocycles. The molecule has 0 spiro atoms. The minimum absolute atomic E-state index is 0.0391. The molecule has 1 fully saturated rings. The highest BCUT2D eigenvalue weighted by molar-refractivity contribution is 4.97. The van der Waals surface area contributed by atoms with Gasteiger partial charge in [-0.1, -0.05) is 10.3 Å². The van der Waals surface area contributed by atoms with E-state index in [1.807, 2.05) is 6.92 Å². The predicted octanol–water partition coefficient (Wildman–Crippen LogP) is -0.247. The summed E-state index contributed by atoms with van der Waals surface area (Å²) < 4.78 is 6.15.